The molecule has 0 aliphatic rings. The molecule has 0 heterocycles. The normalized spacial score (nSPS) is 13.0. The Kier molecular flexibility index (Phi) is 4.69. The molecule has 0 aromatic rings. The van der Waals surface area contributed by atoms with Crippen LogP contribution in [0.15, 0.2) is 16.9 Å². The highest BCUT2D eigenvalue weighted by Gasteiger charge is 2.16. The van der Waals surface area contributed by atoms with Crippen LogP contribution in [0.5, 0.6) is 0 Å². The quantitative estimate of drug-likeness (QED) is 0.406. The first-order chi connectivity index (χ1) is 6.39. The van der Waals surface area contributed by atoms with Gasteiger partial charge in [0.1, 0.15) is 5.60 Å². The Morgan fingerprint density at radius 2 is 2.07 bits per heavy atom. The van der Waals surface area contributed by atoms with Gasteiger partial charge in [-0.25, -0.2) is 4.79 Å². The van der Waals surface area contributed by atoms with Gasteiger partial charge in [0.05, 0.1) is 11.9 Å². The first kappa shape index (κ1) is 12.5. The largest absolute Gasteiger partial charge is 0.444 e. The Morgan fingerprint density at radius 3 is 2.43 bits per heavy atom. The topological polar surface area (TPSA) is 70.9 Å². The Bertz CT molecular complexity index is 251. The number of carbonyl (C=O) groups excluding carboxylic acids is 1. The Hall–Kier alpha value is -1.52. The first-order valence-electron chi connectivity index (χ1n) is 4.23. The third-order valence-corrected chi connectivity index (χ3v) is 1.15. The molecule has 0 saturated carbocycles. The van der Waals surface area contributed by atoms with Crippen LogP contribution >= 0.6 is 0 Å². The van der Waals surface area contributed by atoms with E-state index >= 15 is 0 Å². The molecule has 0 spiro atoms. The highest BCUT2D eigenvalue weighted by Crippen LogP contribution is 2.06. The van der Waals surface area contributed by atoms with Gasteiger partial charge in [0.25, 0.3) is 0 Å². The molecule has 0 aliphatic carbocycles. The van der Waals surface area contributed by atoms with Gasteiger partial charge in [-0.1, -0.05) is 11.2 Å². The number of rotatable bonds is 2. The molecule has 0 aromatic heterocycles. The molecule has 1 amide bonds. The van der Waals surface area contributed by atoms with E-state index in [9.17, 15) is 4.79 Å². The van der Waals surface area contributed by atoms with Crippen LogP contribution in [0, 0.1) is 0 Å². The molecule has 0 rings (SSSR count). The van der Waals surface area contributed by atoms with E-state index < -0.39 is 11.7 Å². The molecule has 2 N–H and O–H groups in total. The number of ether oxygens (including phenoxy) is 1. The van der Waals surface area contributed by atoms with Crippen molar-refractivity contribution < 1.29 is 14.7 Å². The van der Waals surface area contributed by atoms with Gasteiger partial charge in [0.2, 0.25) is 0 Å². The van der Waals surface area contributed by atoms with Crippen molar-refractivity contribution in [1.29, 1.82) is 0 Å². The third-order valence-electron chi connectivity index (χ3n) is 1.15. The molecule has 0 radical (unpaired) electrons. The van der Waals surface area contributed by atoms with Crippen molar-refractivity contribution in [3.8, 4) is 0 Å². The molecule has 0 aliphatic heterocycles. The minimum Gasteiger partial charge on any atom is -0.444 e. The van der Waals surface area contributed by atoms with Crippen LogP contribution in [0.1, 0.15) is 27.7 Å². The number of amides is 1. The number of allylic oxidation sites excluding steroid dienone is 2. The maximum absolute atomic E-state index is 11.2. The van der Waals surface area contributed by atoms with Crippen molar-refractivity contribution in [2.75, 3.05) is 0 Å². The summed E-state index contributed by atoms with van der Waals surface area (Å²) in [5.41, 5.74) is -0.166. The minimum atomic E-state index is -0.578. The zero-order valence-corrected chi connectivity index (χ0v) is 8.87. The summed E-state index contributed by atoms with van der Waals surface area (Å²) in [6, 6.07) is 0. The second-order valence-electron chi connectivity index (χ2n) is 3.62. The number of nitrogens with zero attached hydrogens (tertiary/aromatic N) is 1. The molecule has 0 atom stereocenters. The van der Waals surface area contributed by atoms with E-state index in [2.05, 4.69) is 10.5 Å². The molecule has 14 heavy (non-hydrogen) atoms. The van der Waals surface area contributed by atoms with E-state index in [1.54, 1.807) is 33.8 Å². The number of hydrogen-bond donors (Lipinski definition) is 2. The summed E-state index contributed by atoms with van der Waals surface area (Å²) in [6.07, 6.45) is 2.12. The van der Waals surface area contributed by atoms with Crippen molar-refractivity contribution in [3.63, 3.8) is 0 Å². The lowest BCUT2D eigenvalue weighted by atomic mass is 10.2. The van der Waals surface area contributed by atoms with Crippen LogP contribution in [-0.4, -0.2) is 23.1 Å². The van der Waals surface area contributed by atoms with Crippen molar-refractivity contribution in [2.24, 2.45) is 5.16 Å². The van der Waals surface area contributed by atoms with E-state index in [0.29, 0.717) is 5.70 Å². The highest BCUT2D eigenvalue weighted by molar-refractivity contribution is 5.84. The van der Waals surface area contributed by atoms with Crippen molar-refractivity contribution in [1.82, 2.24) is 5.32 Å². The van der Waals surface area contributed by atoms with E-state index in [-0.39, 0.29) is 0 Å². The Labute approximate surface area is 83.4 Å². The van der Waals surface area contributed by atoms with Gasteiger partial charge in [0, 0.05) is 0 Å². The molecule has 0 fully saturated rings. The molecule has 0 aromatic carbocycles. The molecule has 5 heteroatoms. The van der Waals surface area contributed by atoms with E-state index in [1.807, 2.05) is 0 Å². The van der Waals surface area contributed by atoms with Gasteiger partial charge < -0.3 is 9.94 Å². The van der Waals surface area contributed by atoms with Crippen molar-refractivity contribution in [3.05, 3.63) is 11.8 Å². The number of carbonyl (C=O) groups is 1. The summed E-state index contributed by atoms with van der Waals surface area (Å²) in [5.74, 6) is 0. The van der Waals surface area contributed by atoms with Crippen molar-refractivity contribution in [2.45, 2.75) is 33.3 Å². The van der Waals surface area contributed by atoms with Crippen LogP contribution in [0.4, 0.5) is 4.79 Å². The minimum absolute atomic E-state index is 0.377. The van der Waals surface area contributed by atoms with E-state index in [1.165, 1.54) is 0 Å². The average Bonchev–Trinajstić information content (AvgIpc) is 2.00. The van der Waals surface area contributed by atoms with Gasteiger partial charge in [0.15, 0.2) is 0 Å². The third kappa shape index (κ3) is 6.05. The summed E-state index contributed by atoms with van der Waals surface area (Å²) >= 11 is 0. The molecule has 80 valence electrons. The molecule has 0 unspecified atom stereocenters. The predicted octanol–water partition coefficient (Wildman–Crippen LogP) is 1.87. The lowest BCUT2D eigenvalue weighted by molar-refractivity contribution is 0.0549. The van der Waals surface area contributed by atoms with E-state index in [0.717, 1.165) is 6.21 Å². The lowest BCUT2D eigenvalue weighted by Crippen LogP contribution is -2.32. The number of nitrogens with one attached hydrogen (secondary N) is 1. The molecular formula is C9H16N2O3. The zero-order valence-electron chi connectivity index (χ0n) is 8.87. The molecule has 0 bridgehead atoms. The number of alkyl carbamates (subject to hydrolysis) is 1. The van der Waals surface area contributed by atoms with Crippen LogP contribution < -0.4 is 5.32 Å². The van der Waals surface area contributed by atoms with Gasteiger partial charge >= 0.3 is 6.09 Å². The second-order valence-corrected chi connectivity index (χ2v) is 3.62. The van der Waals surface area contributed by atoms with Crippen LogP contribution in [0.25, 0.3) is 0 Å². The fourth-order valence-electron chi connectivity index (χ4n) is 0.663. The Morgan fingerprint density at radius 1 is 1.50 bits per heavy atom. The smallest absolute Gasteiger partial charge is 0.412 e. The van der Waals surface area contributed by atoms with E-state index in [4.69, 9.17) is 9.94 Å². The summed E-state index contributed by atoms with van der Waals surface area (Å²) in [4.78, 5) is 11.2. The average molecular weight is 200 g/mol. The summed E-state index contributed by atoms with van der Waals surface area (Å²) < 4.78 is 4.98. The Balaban J connectivity index is 4.19. The number of hydrogen-bond acceptors (Lipinski definition) is 4. The predicted molar refractivity (Wildman–Crippen MR) is 53.4 cm³/mol. The fourth-order valence-corrected chi connectivity index (χ4v) is 0.663. The van der Waals surface area contributed by atoms with Crippen LogP contribution in [-0.2, 0) is 4.74 Å². The SMILES string of the molecule is C/C=C(/C=N/O)NC(=O)OC(C)(C)C. The summed E-state index contributed by atoms with van der Waals surface area (Å²) in [6.45, 7) is 7.00. The zero-order chi connectivity index (χ0) is 11.2. The maximum atomic E-state index is 11.2. The second kappa shape index (κ2) is 5.26. The number of oxime groups is 1. The van der Waals surface area contributed by atoms with Gasteiger partial charge in [-0.15, -0.1) is 0 Å². The van der Waals surface area contributed by atoms with Gasteiger partial charge in [-0.2, -0.15) is 0 Å². The van der Waals surface area contributed by atoms with Crippen LogP contribution in [0.2, 0.25) is 0 Å². The molecular weight excluding hydrogens is 184 g/mol. The fraction of sp³-hybridized carbons (Fsp3) is 0.556. The standard InChI is InChI=1S/C9H16N2O3/c1-5-7(6-10-13)11-8(12)14-9(2,3)4/h5-6,13H,1-4H3,(H,11,12)/b7-5-,10-6+. The van der Waals surface area contributed by atoms with Gasteiger partial charge in [-0.3, -0.25) is 5.32 Å². The summed E-state index contributed by atoms with van der Waals surface area (Å²) in [5, 5.41) is 13.5. The van der Waals surface area contributed by atoms with Gasteiger partial charge in [-0.05, 0) is 27.7 Å². The molecule has 0 saturated heterocycles. The monoisotopic (exact) mass is 200 g/mol. The molecule has 5 nitrogen and oxygen atoms in total. The first-order valence-corrected chi connectivity index (χ1v) is 4.23. The highest BCUT2D eigenvalue weighted by atomic mass is 16.6. The van der Waals surface area contributed by atoms with Crippen LogP contribution in [0.3, 0.4) is 0 Å². The maximum Gasteiger partial charge on any atom is 0.412 e. The van der Waals surface area contributed by atoms with Crippen molar-refractivity contribution >= 4 is 12.3 Å². The summed E-state index contributed by atoms with van der Waals surface area (Å²) in [7, 11) is 0. The lowest BCUT2D eigenvalue weighted by Gasteiger charge is -2.19.